The summed E-state index contributed by atoms with van der Waals surface area (Å²) in [6, 6.07) is 0. The average molecular weight is 308 g/mol. The summed E-state index contributed by atoms with van der Waals surface area (Å²) in [5.74, 6) is -0.226. The van der Waals surface area contributed by atoms with Crippen molar-refractivity contribution in [2.75, 3.05) is 0 Å². The van der Waals surface area contributed by atoms with Crippen molar-refractivity contribution < 1.29 is 23.8 Å². The average Bonchev–Trinajstić information content (AvgIpc) is 3.00. The third-order valence-corrected chi connectivity index (χ3v) is 6.92. The number of hydrogen-bond donors (Lipinski definition) is 0. The molecule has 2 saturated heterocycles. The molecule has 22 heavy (non-hydrogen) atoms. The molecule has 2 heterocycles. The molecule has 0 N–H and O–H groups in total. The first-order chi connectivity index (χ1) is 10.3. The summed E-state index contributed by atoms with van der Waals surface area (Å²) >= 11 is 0. The van der Waals surface area contributed by atoms with Gasteiger partial charge in [-0.2, -0.15) is 0 Å². The van der Waals surface area contributed by atoms with Crippen LogP contribution in [0.5, 0.6) is 0 Å². The van der Waals surface area contributed by atoms with Gasteiger partial charge in [0.15, 0.2) is 0 Å². The van der Waals surface area contributed by atoms with Crippen LogP contribution in [0.3, 0.4) is 0 Å². The Labute approximate surface area is 130 Å². The van der Waals surface area contributed by atoms with E-state index < -0.39 is 11.2 Å². The van der Waals surface area contributed by atoms with Crippen molar-refractivity contribution in [1.82, 2.24) is 0 Å². The van der Waals surface area contributed by atoms with Gasteiger partial charge in [-0.1, -0.05) is 13.8 Å². The minimum atomic E-state index is -0.528. The van der Waals surface area contributed by atoms with Crippen molar-refractivity contribution in [1.29, 1.82) is 0 Å². The summed E-state index contributed by atoms with van der Waals surface area (Å²) < 4.78 is 17.6. The zero-order valence-electron chi connectivity index (χ0n) is 13.7. The smallest absolute Gasteiger partial charge is 0.309 e. The van der Waals surface area contributed by atoms with Gasteiger partial charge in [0.25, 0.3) is 0 Å². The van der Waals surface area contributed by atoms with E-state index in [4.69, 9.17) is 14.2 Å². The van der Waals surface area contributed by atoms with Gasteiger partial charge in [0.2, 0.25) is 0 Å². The van der Waals surface area contributed by atoms with Gasteiger partial charge < -0.3 is 14.2 Å². The standard InChI is InChI=1S/C17H24O5/c1-9-11-5-7-15(3)8-6-12(20-10(2)18)16(4)17(15,22-16)13(11)21-14(9)19/h9,11-13H,5-8H2,1-4H3. The van der Waals surface area contributed by atoms with Gasteiger partial charge in [-0.3, -0.25) is 9.59 Å². The van der Waals surface area contributed by atoms with Gasteiger partial charge in [-0.25, -0.2) is 0 Å². The molecule has 0 radical (unpaired) electrons. The lowest BCUT2D eigenvalue weighted by Crippen LogP contribution is -2.61. The van der Waals surface area contributed by atoms with Crippen LogP contribution in [0.2, 0.25) is 0 Å². The molecule has 1 spiro atoms. The molecule has 0 aromatic rings. The Kier molecular flexibility index (Phi) is 2.67. The van der Waals surface area contributed by atoms with E-state index in [1.165, 1.54) is 6.92 Å². The minimum Gasteiger partial charge on any atom is -0.459 e. The normalized spacial score (nSPS) is 55.5. The quantitative estimate of drug-likeness (QED) is 0.549. The van der Waals surface area contributed by atoms with Gasteiger partial charge >= 0.3 is 11.9 Å². The van der Waals surface area contributed by atoms with Gasteiger partial charge in [0.05, 0.1) is 5.92 Å². The molecule has 122 valence electrons. The van der Waals surface area contributed by atoms with Crippen molar-refractivity contribution in [2.24, 2.45) is 17.3 Å². The van der Waals surface area contributed by atoms with Crippen LogP contribution in [-0.4, -0.2) is 35.3 Å². The van der Waals surface area contributed by atoms with Gasteiger partial charge in [0.1, 0.15) is 23.4 Å². The second-order valence-electron chi connectivity index (χ2n) is 7.99. The van der Waals surface area contributed by atoms with Crippen LogP contribution in [0.15, 0.2) is 0 Å². The number of fused-ring (bicyclic) bond motifs is 1. The zero-order valence-corrected chi connectivity index (χ0v) is 13.7. The van der Waals surface area contributed by atoms with Crippen LogP contribution in [0.25, 0.3) is 0 Å². The molecule has 2 aliphatic heterocycles. The van der Waals surface area contributed by atoms with Crippen molar-refractivity contribution in [3.05, 3.63) is 0 Å². The maximum absolute atomic E-state index is 12.1. The highest BCUT2D eigenvalue weighted by Crippen LogP contribution is 2.73. The van der Waals surface area contributed by atoms with E-state index >= 15 is 0 Å². The van der Waals surface area contributed by atoms with E-state index in [-0.39, 0.29) is 41.4 Å². The predicted molar refractivity (Wildman–Crippen MR) is 76.9 cm³/mol. The Morgan fingerprint density at radius 1 is 1.27 bits per heavy atom. The Morgan fingerprint density at radius 3 is 2.64 bits per heavy atom. The number of carbonyl (C=O) groups is 2. The zero-order chi connectivity index (χ0) is 15.9. The second-order valence-corrected chi connectivity index (χ2v) is 7.99. The van der Waals surface area contributed by atoms with E-state index in [9.17, 15) is 9.59 Å². The molecule has 0 amide bonds. The molecule has 7 atom stereocenters. The Bertz CT molecular complexity index is 559. The molecule has 0 aromatic carbocycles. The molecule has 0 bridgehead atoms. The minimum absolute atomic E-state index is 0.0100. The highest BCUT2D eigenvalue weighted by molar-refractivity contribution is 5.75. The third kappa shape index (κ3) is 1.44. The van der Waals surface area contributed by atoms with E-state index in [1.807, 2.05) is 13.8 Å². The Balaban J connectivity index is 1.73. The number of ether oxygens (including phenoxy) is 3. The lowest BCUT2D eigenvalue weighted by molar-refractivity contribution is -0.158. The van der Waals surface area contributed by atoms with E-state index in [2.05, 4.69) is 6.92 Å². The molecule has 7 unspecified atom stereocenters. The molecule has 4 rings (SSSR count). The molecule has 4 aliphatic rings. The number of hydrogen-bond acceptors (Lipinski definition) is 5. The molecule has 4 fully saturated rings. The second kappa shape index (κ2) is 4.05. The summed E-state index contributed by atoms with van der Waals surface area (Å²) in [6.07, 6.45) is 3.36. The number of epoxide rings is 1. The first kappa shape index (κ1) is 14.5. The topological polar surface area (TPSA) is 65.1 Å². The SMILES string of the molecule is CC(=O)OC1CCC2(C)CCC3C(C)C(=O)OC3C23OC13C. The van der Waals surface area contributed by atoms with Crippen molar-refractivity contribution in [3.63, 3.8) is 0 Å². The lowest BCUT2D eigenvalue weighted by atomic mass is 9.52. The highest BCUT2D eigenvalue weighted by Gasteiger charge is 2.86. The Morgan fingerprint density at radius 2 is 1.95 bits per heavy atom. The molecule has 0 aromatic heterocycles. The first-order valence-corrected chi connectivity index (χ1v) is 8.33. The molecule has 5 nitrogen and oxygen atoms in total. The molecule has 2 aliphatic carbocycles. The number of rotatable bonds is 1. The first-order valence-electron chi connectivity index (χ1n) is 8.33. The molecular formula is C17H24O5. The van der Waals surface area contributed by atoms with E-state index in [1.54, 1.807) is 0 Å². The van der Waals surface area contributed by atoms with Crippen molar-refractivity contribution in [3.8, 4) is 0 Å². The Hall–Kier alpha value is -1.10. The maximum Gasteiger partial charge on any atom is 0.309 e. The summed E-state index contributed by atoms with van der Waals surface area (Å²) in [6.45, 7) is 7.67. The van der Waals surface area contributed by atoms with Gasteiger partial charge in [-0.05, 0) is 32.6 Å². The fraction of sp³-hybridized carbons (Fsp3) is 0.882. The van der Waals surface area contributed by atoms with Crippen LogP contribution < -0.4 is 0 Å². The van der Waals surface area contributed by atoms with Crippen LogP contribution in [0, 0.1) is 17.3 Å². The number of carbonyl (C=O) groups excluding carboxylic acids is 2. The molecule has 5 heteroatoms. The highest BCUT2D eigenvalue weighted by atomic mass is 16.7. The van der Waals surface area contributed by atoms with E-state index in [0.29, 0.717) is 0 Å². The summed E-state index contributed by atoms with van der Waals surface area (Å²) in [7, 11) is 0. The van der Waals surface area contributed by atoms with Gasteiger partial charge in [0, 0.05) is 18.3 Å². The van der Waals surface area contributed by atoms with Crippen molar-refractivity contribution >= 4 is 11.9 Å². The maximum atomic E-state index is 12.1. The largest absolute Gasteiger partial charge is 0.459 e. The monoisotopic (exact) mass is 308 g/mol. The fourth-order valence-corrected chi connectivity index (χ4v) is 5.64. The van der Waals surface area contributed by atoms with E-state index in [0.717, 1.165) is 25.7 Å². The predicted octanol–water partition coefficient (Wildman–Crippen LogP) is 2.22. The van der Waals surface area contributed by atoms with Gasteiger partial charge in [-0.15, -0.1) is 0 Å². The summed E-state index contributed by atoms with van der Waals surface area (Å²) in [5, 5.41) is 0. The van der Waals surface area contributed by atoms with Crippen LogP contribution in [0.4, 0.5) is 0 Å². The molecular weight excluding hydrogens is 284 g/mol. The van der Waals surface area contributed by atoms with Crippen LogP contribution in [-0.2, 0) is 23.8 Å². The molecule has 2 saturated carbocycles. The lowest BCUT2D eigenvalue weighted by Gasteiger charge is -2.50. The summed E-state index contributed by atoms with van der Waals surface area (Å²) in [4.78, 5) is 23.5. The number of esters is 2. The van der Waals surface area contributed by atoms with Crippen molar-refractivity contribution in [2.45, 2.75) is 76.8 Å². The fourth-order valence-electron chi connectivity index (χ4n) is 5.64. The van der Waals surface area contributed by atoms with Crippen LogP contribution in [0.1, 0.15) is 53.4 Å². The third-order valence-electron chi connectivity index (χ3n) is 6.92. The van der Waals surface area contributed by atoms with Crippen LogP contribution >= 0.6 is 0 Å². The summed E-state index contributed by atoms with van der Waals surface area (Å²) in [5.41, 5.74) is -1.02.